The van der Waals surface area contributed by atoms with E-state index in [1.54, 1.807) is 24.3 Å². The predicted octanol–water partition coefficient (Wildman–Crippen LogP) is 1.93. The van der Waals surface area contributed by atoms with Crippen molar-refractivity contribution in [2.45, 2.75) is 0 Å². The third kappa shape index (κ3) is 2.26. The van der Waals surface area contributed by atoms with Crippen LogP contribution in [0.15, 0.2) is 42.5 Å². The highest BCUT2D eigenvalue weighted by molar-refractivity contribution is 7.86. The quantitative estimate of drug-likeness (QED) is 0.843. The van der Waals surface area contributed by atoms with Crippen LogP contribution in [-0.2, 0) is 14.9 Å². The van der Waals surface area contributed by atoms with Crippen LogP contribution in [0.5, 0.6) is 0 Å². The van der Waals surface area contributed by atoms with E-state index in [0.29, 0.717) is 11.1 Å². The fourth-order valence-electron chi connectivity index (χ4n) is 1.45. The maximum Gasteiger partial charge on any atom is 0.387 e. The van der Waals surface area contributed by atoms with Crippen LogP contribution >= 0.6 is 0 Å². The number of rotatable bonds is 2. The highest BCUT2D eigenvalue weighted by Gasteiger charge is 2.08. The van der Waals surface area contributed by atoms with Crippen molar-refractivity contribution in [3.05, 3.63) is 42.5 Å². The van der Waals surface area contributed by atoms with E-state index in [2.05, 4.69) is 0 Å². The minimum Gasteiger partial charge on any atom is -0.258 e. The van der Waals surface area contributed by atoms with E-state index >= 15 is 0 Å². The Labute approximate surface area is 87.4 Å². The summed E-state index contributed by atoms with van der Waals surface area (Å²) in [5.74, 6) is 0. The molecule has 2 aromatic rings. The van der Waals surface area contributed by atoms with Gasteiger partial charge < -0.3 is 0 Å². The van der Waals surface area contributed by atoms with E-state index in [-0.39, 0.29) is 0 Å². The Balaban J connectivity index is 2.61. The van der Waals surface area contributed by atoms with Gasteiger partial charge in [0, 0.05) is 5.39 Å². The number of hydrogen-bond donors (Lipinski definition) is 1. The molecule has 0 saturated carbocycles. The smallest absolute Gasteiger partial charge is 0.258 e. The summed E-state index contributed by atoms with van der Waals surface area (Å²) in [5, 5.41) is 1.59. The average Bonchev–Trinajstić information content (AvgIpc) is 2.16. The van der Waals surface area contributed by atoms with Crippen molar-refractivity contribution in [2.24, 2.45) is 0 Å². The molecular formula is C10H8NO3S. The van der Waals surface area contributed by atoms with Crippen LogP contribution in [-0.4, -0.2) is 8.42 Å². The highest BCUT2D eigenvalue weighted by atomic mass is 32.2. The second-order valence-corrected chi connectivity index (χ2v) is 4.20. The van der Waals surface area contributed by atoms with Gasteiger partial charge in [0.25, 0.3) is 0 Å². The SMILES string of the molecule is [O]S(=O)(=O)Nc1cccc2ccccc12. The lowest BCUT2D eigenvalue weighted by Gasteiger charge is -2.05. The summed E-state index contributed by atoms with van der Waals surface area (Å²) in [6.45, 7) is 0. The van der Waals surface area contributed by atoms with Crippen LogP contribution in [0.1, 0.15) is 0 Å². The van der Waals surface area contributed by atoms with Crippen molar-refractivity contribution in [2.75, 3.05) is 4.72 Å². The zero-order valence-electron chi connectivity index (χ0n) is 7.67. The summed E-state index contributed by atoms with van der Waals surface area (Å²) in [5.41, 5.74) is 0.308. The van der Waals surface area contributed by atoms with Gasteiger partial charge in [0.1, 0.15) is 0 Å². The molecule has 0 amide bonds. The molecular weight excluding hydrogens is 214 g/mol. The average molecular weight is 222 g/mol. The Morgan fingerprint density at radius 2 is 1.60 bits per heavy atom. The van der Waals surface area contributed by atoms with Crippen molar-refractivity contribution in [1.82, 2.24) is 0 Å². The Bertz CT molecular complexity index is 587. The van der Waals surface area contributed by atoms with Crippen molar-refractivity contribution in [3.8, 4) is 0 Å². The van der Waals surface area contributed by atoms with Crippen LogP contribution in [0.4, 0.5) is 5.69 Å². The first kappa shape index (κ1) is 9.95. The van der Waals surface area contributed by atoms with E-state index in [9.17, 15) is 13.0 Å². The third-order valence-corrected chi connectivity index (χ3v) is 2.49. The van der Waals surface area contributed by atoms with Crippen LogP contribution in [0, 0.1) is 0 Å². The minimum atomic E-state index is -4.47. The monoisotopic (exact) mass is 222 g/mol. The van der Waals surface area contributed by atoms with Crippen LogP contribution in [0.25, 0.3) is 10.8 Å². The van der Waals surface area contributed by atoms with E-state index in [0.717, 1.165) is 5.39 Å². The molecule has 2 rings (SSSR count). The Morgan fingerprint density at radius 1 is 0.933 bits per heavy atom. The second-order valence-electron chi connectivity index (χ2n) is 3.08. The number of fused-ring (bicyclic) bond motifs is 1. The van der Waals surface area contributed by atoms with Crippen LogP contribution < -0.4 is 4.72 Å². The summed E-state index contributed by atoms with van der Waals surface area (Å²) in [6.07, 6.45) is 0. The molecule has 0 heterocycles. The van der Waals surface area contributed by atoms with Crippen LogP contribution in [0.2, 0.25) is 0 Å². The molecule has 0 unspecified atom stereocenters. The van der Waals surface area contributed by atoms with Crippen molar-refractivity contribution in [3.63, 3.8) is 0 Å². The molecule has 0 aromatic heterocycles. The molecule has 0 atom stereocenters. The van der Waals surface area contributed by atoms with Gasteiger partial charge in [-0.3, -0.25) is 4.72 Å². The van der Waals surface area contributed by atoms with Gasteiger partial charge >= 0.3 is 10.3 Å². The van der Waals surface area contributed by atoms with Crippen molar-refractivity contribution < 1.29 is 13.0 Å². The number of benzene rings is 2. The molecule has 0 fully saturated rings. The lowest BCUT2D eigenvalue weighted by Crippen LogP contribution is -2.08. The molecule has 15 heavy (non-hydrogen) atoms. The Hall–Kier alpha value is -1.59. The number of hydrogen-bond acceptors (Lipinski definition) is 2. The van der Waals surface area contributed by atoms with E-state index in [1.165, 1.54) is 0 Å². The predicted molar refractivity (Wildman–Crippen MR) is 57.2 cm³/mol. The molecule has 0 aliphatic carbocycles. The lowest BCUT2D eigenvalue weighted by molar-refractivity contribution is 0.420. The van der Waals surface area contributed by atoms with Gasteiger partial charge in [-0.25, -0.2) is 0 Å². The summed E-state index contributed by atoms with van der Waals surface area (Å²) >= 11 is 0. The van der Waals surface area contributed by atoms with Gasteiger partial charge in [-0.2, -0.15) is 8.42 Å². The molecule has 1 radical (unpaired) electrons. The molecule has 0 spiro atoms. The molecule has 0 aliphatic rings. The first-order valence-electron chi connectivity index (χ1n) is 4.28. The van der Waals surface area contributed by atoms with Gasteiger partial charge in [0.15, 0.2) is 0 Å². The zero-order chi connectivity index (χ0) is 10.9. The summed E-state index contributed by atoms with van der Waals surface area (Å²) < 4.78 is 33.7. The first-order valence-corrected chi connectivity index (χ1v) is 5.68. The molecule has 0 saturated heterocycles. The maximum absolute atomic E-state index is 10.6. The van der Waals surface area contributed by atoms with Crippen LogP contribution in [0.3, 0.4) is 0 Å². The number of anilines is 1. The molecule has 0 bridgehead atoms. The van der Waals surface area contributed by atoms with Gasteiger partial charge in [-0.15, -0.1) is 0 Å². The Kier molecular flexibility index (Phi) is 2.34. The lowest BCUT2D eigenvalue weighted by atomic mass is 10.1. The molecule has 5 heteroatoms. The molecule has 0 aliphatic heterocycles. The second kappa shape index (κ2) is 3.52. The normalized spacial score (nSPS) is 11.5. The number of nitrogens with one attached hydrogen (secondary N) is 1. The van der Waals surface area contributed by atoms with E-state index in [1.807, 2.05) is 22.9 Å². The third-order valence-electron chi connectivity index (χ3n) is 2.02. The zero-order valence-corrected chi connectivity index (χ0v) is 8.49. The van der Waals surface area contributed by atoms with Gasteiger partial charge in [0.05, 0.1) is 5.69 Å². The summed E-state index contributed by atoms with van der Waals surface area (Å²) in [4.78, 5) is 0. The highest BCUT2D eigenvalue weighted by Crippen LogP contribution is 2.23. The molecule has 2 aromatic carbocycles. The van der Waals surface area contributed by atoms with Crippen molar-refractivity contribution >= 4 is 26.8 Å². The Morgan fingerprint density at radius 3 is 2.33 bits per heavy atom. The van der Waals surface area contributed by atoms with E-state index in [4.69, 9.17) is 0 Å². The largest absolute Gasteiger partial charge is 0.387 e. The van der Waals surface area contributed by atoms with Crippen molar-refractivity contribution in [1.29, 1.82) is 0 Å². The summed E-state index contributed by atoms with van der Waals surface area (Å²) in [7, 11) is -4.47. The maximum atomic E-state index is 10.6. The standard InChI is InChI=1S/C10H8NO3S/c12-15(13,14)11-10-7-3-5-8-4-1-2-6-9(8)10/h1-7,11H. The van der Waals surface area contributed by atoms with Gasteiger partial charge in [-0.05, 0) is 11.5 Å². The minimum absolute atomic E-state index is 0.308. The van der Waals surface area contributed by atoms with Gasteiger partial charge in [-0.1, -0.05) is 41.0 Å². The first-order chi connectivity index (χ1) is 7.06. The molecule has 77 valence electrons. The topological polar surface area (TPSA) is 66.1 Å². The van der Waals surface area contributed by atoms with Gasteiger partial charge in [0.2, 0.25) is 0 Å². The molecule has 1 N–H and O–H groups in total. The van der Waals surface area contributed by atoms with E-state index < -0.39 is 10.3 Å². The summed E-state index contributed by atoms with van der Waals surface area (Å²) in [6, 6.07) is 12.3. The fourth-order valence-corrected chi connectivity index (χ4v) is 1.90. The molecule has 4 nitrogen and oxygen atoms in total. The fraction of sp³-hybridized carbons (Fsp3) is 0.